The summed E-state index contributed by atoms with van der Waals surface area (Å²) in [5.74, 6) is -1.77. The molecule has 6 heterocycles. The molecule has 0 aromatic carbocycles. The van der Waals surface area contributed by atoms with Crippen LogP contribution >= 0.6 is 14.5 Å². The van der Waals surface area contributed by atoms with E-state index >= 15 is 0 Å². The van der Waals surface area contributed by atoms with Gasteiger partial charge in [-0.2, -0.15) is 0 Å². The number of aromatic amines is 1. The highest BCUT2D eigenvalue weighted by Crippen LogP contribution is 2.68. The Kier molecular flexibility index (Phi) is 7.28. The molecule has 2 bridgehead atoms. The van der Waals surface area contributed by atoms with Crippen LogP contribution < -0.4 is 11.3 Å². The second-order valence-electron chi connectivity index (χ2n) is 12.0. The summed E-state index contributed by atoms with van der Waals surface area (Å²) in [5, 5.41) is 22.1. The number of aliphatic hydroxyl groups is 2. The van der Waals surface area contributed by atoms with Crippen molar-refractivity contribution in [3.63, 3.8) is 0 Å². The first-order valence-electron chi connectivity index (χ1n) is 14.5. The molecule has 8 rings (SSSR count). The molecule has 20 nitrogen and oxygen atoms in total. The molecule has 2 aliphatic heterocycles. The van der Waals surface area contributed by atoms with E-state index in [2.05, 4.69) is 29.9 Å². The topological polar surface area (TPSA) is 277 Å². The van der Waals surface area contributed by atoms with E-state index in [4.69, 9.17) is 40.4 Å². The fourth-order valence-corrected chi connectivity index (χ4v) is 9.73. The van der Waals surface area contributed by atoms with Gasteiger partial charge in [0.05, 0.1) is 44.1 Å². The Morgan fingerprint density at radius 3 is 2.68 bits per heavy atom. The lowest BCUT2D eigenvalue weighted by molar-refractivity contribution is -0.0597. The van der Waals surface area contributed by atoms with Crippen molar-refractivity contribution in [2.75, 3.05) is 25.6 Å². The molecule has 4 aromatic heterocycles. The summed E-state index contributed by atoms with van der Waals surface area (Å²) in [6.45, 7) is -4.06. The zero-order chi connectivity index (χ0) is 33.0. The zero-order valence-electron chi connectivity index (χ0n) is 24.3. The number of phosphoric acid groups is 1. The van der Waals surface area contributed by atoms with Crippen LogP contribution in [0.1, 0.15) is 18.5 Å². The van der Waals surface area contributed by atoms with Gasteiger partial charge in [0.15, 0.2) is 28.9 Å². The maximum Gasteiger partial charge on any atom is 0.472 e. The number of fused-ring (bicyclic) bond motifs is 7. The fourth-order valence-electron chi connectivity index (χ4n) is 7.28. The summed E-state index contributed by atoms with van der Waals surface area (Å²) in [6, 6.07) is 0. The number of H-pyrrole nitrogens is 1. The van der Waals surface area contributed by atoms with E-state index in [-0.39, 0.29) is 22.8 Å². The molecule has 252 valence electrons. The SMILES string of the molecule is Cc1nc2c(ncn2[C@@H]2O[C@@H]3COP(O)(=S)O[C@@H]4[C@@H](COP(=O)(O)O[C@@H]2[C@@H]3CO)[C@@H]2CC2(n2cnc3c(N)ncnc32)[C@@H]4O)c(=O)[nH]1. The number of anilines is 1. The number of hydrogen-bond donors (Lipinski definition) is 6. The van der Waals surface area contributed by atoms with E-state index in [1.165, 1.54) is 23.5 Å². The van der Waals surface area contributed by atoms with Crippen molar-refractivity contribution in [3.05, 3.63) is 35.2 Å². The number of nitrogens with two attached hydrogens (primary N) is 1. The quantitative estimate of drug-likeness (QED) is 0.142. The number of aryl methyl sites for hydroxylation is 1. The van der Waals surface area contributed by atoms with E-state index in [1.54, 1.807) is 11.5 Å². The molecule has 47 heavy (non-hydrogen) atoms. The highest BCUT2D eigenvalue weighted by Gasteiger charge is 2.74. The number of phosphoric ester groups is 1. The fraction of sp³-hybridized carbons (Fsp3) is 0.583. The van der Waals surface area contributed by atoms with Crippen LogP contribution in [0.15, 0.2) is 23.8 Å². The van der Waals surface area contributed by atoms with E-state index in [0.717, 1.165) is 0 Å². The van der Waals surface area contributed by atoms with Crippen molar-refractivity contribution in [1.29, 1.82) is 0 Å². The summed E-state index contributed by atoms with van der Waals surface area (Å²) in [4.78, 5) is 58.3. The number of nitrogen functional groups attached to an aromatic ring is 1. The number of hydrogen-bond acceptors (Lipinski definition) is 16. The highest BCUT2D eigenvalue weighted by atomic mass is 32.5. The minimum Gasteiger partial charge on any atom is -0.396 e. The lowest BCUT2D eigenvalue weighted by Crippen LogP contribution is -2.40. The molecule has 0 radical (unpaired) electrons. The van der Waals surface area contributed by atoms with Gasteiger partial charge in [-0.3, -0.25) is 18.4 Å². The van der Waals surface area contributed by atoms with Gasteiger partial charge < -0.3 is 49.1 Å². The molecule has 0 spiro atoms. The molecule has 4 aliphatic rings. The molecular formula is C24H29N9O11P2S. The number of ether oxygens (including phenoxy) is 1. The molecule has 0 amide bonds. The van der Waals surface area contributed by atoms with Crippen molar-refractivity contribution >= 4 is 54.5 Å². The van der Waals surface area contributed by atoms with Gasteiger partial charge in [0.2, 0.25) is 0 Å². The summed E-state index contributed by atoms with van der Waals surface area (Å²) in [7, 11) is -4.93. The van der Waals surface area contributed by atoms with Crippen LogP contribution in [0.25, 0.3) is 22.3 Å². The molecule has 11 atom stereocenters. The third kappa shape index (κ3) is 4.92. The van der Waals surface area contributed by atoms with Gasteiger partial charge in [0.25, 0.3) is 5.56 Å². The monoisotopic (exact) mass is 713 g/mol. The summed E-state index contributed by atoms with van der Waals surface area (Å²) >= 11 is 5.35. The number of imidazole rings is 2. The average molecular weight is 714 g/mol. The van der Waals surface area contributed by atoms with E-state index < -0.39 is 93.9 Å². The van der Waals surface area contributed by atoms with Gasteiger partial charge in [0, 0.05) is 11.8 Å². The Bertz CT molecular complexity index is 2060. The Labute approximate surface area is 268 Å². The Morgan fingerprint density at radius 1 is 1.11 bits per heavy atom. The highest BCUT2D eigenvalue weighted by molar-refractivity contribution is 8.07. The minimum atomic E-state index is -4.93. The van der Waals surface area contributed by atoms with E-state index in [9.17, 15) is 29.4 Å². The van der Waals surface area contributed by atoms with Crippen molar-refractivity contribution in [1.82, 2.24) is 39.0 Å². The van der Waals surface area contributed by atoms with E-state index in [1.807, 2.05) is 0 Å². The van der Waals surface area contributed by atoms with Crippen LogP contribution in [0.4, 0.5) is 5.82 Å². The van der Waals surface area contributed by atoms with Gasteiger partial charge in [-0.05, 0) is 31.1 Å². The first-order valence-corrected chi connectivity index (χ1v) is 18.6. The predicted molar refractivity (Wildman–Crippen MR) is 161 cm³/mol. The molecule has 3 unspecified atom stereocenters. The molecule has 23 heteroatoms. The van der Waals surface area contributed by atoms with Crippen LogP contribution in [0.5, 0.6) is 0 Å². The third-order valence-electron chi connectivity index (χ3n) is 9.47. The van der Waals surface area contributed by atoms with Crippen LogP contribution in [0.3, 0.4) is 0 Å². The van der Waals surface area contributed by atoms with Crippen LogP contribution in [-0.2, 0) is 44.7 Å². The maximum absolute atomic E-state index is 13.6. The number of aliphatic hydroxyl groups excluding tert-OH is 2. The second-order valence-corrected chi connectivity index (χ2v) is 16.2. The van der Waals surface area contributed by atoms with E-state index in [0.29, 0.717) is 17.6 Å². The summed E-state index contributed by atoms with van der Waals surface area (Å²) in [5.41, 5.74) is 5.18. The second kappa shape index (κ2) is 10.9. The first kappa shape index (κ1) is 31.5. The van der Waals surface area contributed by atoms with Crippen molar-refractivity contribution in [3.8, 4) is 0 Å². The normalized spacial score (nSPS) is 40.4. The van der Waals surface area contributed by atoms with Gasteiger partial charge in [0.1, 0.15) is 36.0 Å². The summed E-state index contributed by atoms with van der Waals surface area (Å²) in [6.07, 6.45) is -1.80. The minimum absolute atomic E-state index is 0.0196. The lowest BCUT2D eigenvalue weighted by atomic mass is 9.99. The molecule has 2 saturated heterocycles. The van der Waals surface area contributed by atoms with Gasteiger partial charge in [-0.25, -0.2) is 29.5 Å². The Hall–Kier alpha value is -2.78. The van der Waals surface area contributed by atoms with Crippen molar-refractivity contribution in [2.24, 2.45) is 17.8 Å². The average Bonchev–Trinajstić information content (AvgIpc) is 3.30. The van der Waals surface area contributed by atoms with Crippen LogP contribution in [-0.4, -0.2) is 103 Å². The number of aromatic nitrogens is 8. The van der Waals surface area contributed by atoms with Crippen molar-refractivity contribution < 1.29 is 47.4 Å². The number of nitrogens with one attached hydrogen (secondary N) is 1. The predicted octanol–water partition coefficient (Wildman–Crippen LogP) is -0.804. The maximum atomic E-state index is 13.6. The molecule has 4 aromatic rings. The summed E-state index contributed by atoms with van der Waals surface area (Å²) < 4.78 is 45.5. The molecular weight excluding hydrogens is 684 g/mol. The van der Waals surface area contributed by atoms with Gasteiger partial charge in [-0.15, -0.1) is 0 Å². The smallest absolute Gasteiger partial charge is 0.396 e. The largest absolute Gasteiger partial charge is 0.472 e. The lowest BCUT2D eigenvalue weighted by Gasteiger charge is -2.31. The first-order chi connectivity index (χ1) is 22.3. The van der Waals surface area contributed by atoms with Gasteiger partial charge >= 0.3 is 14.5 Å². The Morgan fingerprint density at radius 2 is 1.89 bits per heavy atom. The van der Waals surface area contributed by atoms with Crippen LogP contribution in [0.2, 0.25) is 0 Å². The zero-order valence-corrected chi connectivity index (χ0v) is 26.9. The number of nitrogens with zero attached hydrogens (tertiary/aromatic N) is 7. The van der Waals surface area contributed by atoms with Crippen LogP contribution in [0, 0.1) is 24.7 Å². The molecule has 2 aliphatic carbocycles. The molecule has 7 N–H and O–H groups in total. The Balaban J connectivity index is 1.15. The van der Waals surface area contributed by atoms with Crippen molar-refractivity contribution in [2.45, 2.75) is 49.5 Å². The molecule has 2 saturated carbocycles. The third-order valence-corrected chi connectivity index (χ3v) is 12.0. The standard InChI is InChI=1S/C24H29N9O11P2S/c1-9-30-21-15(22(36)31-9)28-7-32(21)23-17-10(3-34)13(42-23)5-41-46(39,47)44-16-11(4-40-45(37,38)43-17)12-2-24(12,18(16)35)33-8-29-14-19(25)26-6-27-20(14)33/h6-8,10-13,16-18,23,34-35H,2-5H2,1H3,(H,37,38)(H,39,47)(H2,25,26,27)(H,30,31,36)/t10-,11+,12+,13-,16-,17-,18-,23-,24?,46?/m1/s1. The van der Waals surface area contributed by atoms with Gasteiger partial charge in [-0.1, -0.05) is 0 Å². The number of rotatable bonds is 3. The molecule has 4 fully saturated rings.